The smallest absolute Gasteiger partial charge is 0.0581 e. The van der Waals surface area contributed by atoms with Gasteiger partial charge in [0.15, 0.2) is 0 Å². The lowest BCUT2D eigenvalue weighted by Crippen LogP contribution is -2.36. The van der Waals surface area contributed by atoms with Crippen LogP contribution >= 0.6 is 11.8 Å². The third-order valence-corrected chi connectivity index (χ3v) is 2.74. The average Bonchev–Trinajstić information content (AvgIpc) is 1.94. The summed E-state index contributed by atoms with van der Waals surface area (Å²) < 4.78 is 5.57. The molecule has 1 fully saturated rings. The van der Waals surface area contributed by atoms with Crippen LogP contribution in [0.15, 0.2) is 0 Å². The Labute approximate surface area is 72.9 Å². The molecule has 0 saturated heterocycles. The van der Waals surface area contributed by atoms with Gasteiger partial charge in [0, 0.05) is 5.75 Å². The topological polar surface area (TPSA) is 35.2 Å². The van der Waals surface area contributed by atoms with Crippen LogP contribution < -0.4 is 5.73 Å². The highest BCUT2D eigenvalue weighted by Gasteiger charge is 2.27. The Morgan fingerprint density at radius 1 is 1.55 bits per heavy atom. The van der Waals surface area contributed by atoms with Crippen molar-refractivity contribution in [3.63, 3.8) is 0 Å². The highest BCUT2D eigenvalue weighted by atomic mass is 32.2. The van der Waals surface area contributed by atoms with Gasteiger partial charge in [-0.3, -0.25) is 0 Å². The molecule has 11 heavy (non-hydrogen) atoms. The monoisotopic (exact) mass is 175 g/mol. The zero-order valence-electron chi connectivity index (χ0n) is 7.08. The van der Waals surface area contributed by atoms with Crippen LogP contribution in [0.25, 0.3) is 0 Å². The van der Waals surface area contributed by atoms with E-state index in [2.05, 4.69) is 6.26 Å². The van der Waals surface area contributed by atoms with Crippen molar-refractivity contribution < 1.29 is 4.74 Å². The van der Waals surface area contributed by atoms with Crippen molar-refractivity contribution in [2.24, 2.45) is 11.7 Å². The average molecular weight is 175 g/mol. The second kappa shape index (κ2) is 5.01. The Bertz CT molecular complexity index is 104. The van der Waals surface area contributed by atoms with Gasteiger partial charge in [0.2, 0.25) is 0 Å². The van der Waals surface area contributed by atoms with E-state index in [1.165, 1.54) is 12.8 Å². The number of ether oxygens (including phenoxy) is 1. The van der Waals surface area contributed by atoms with Gasteiger partial charge in [-0.05, 0) is 31.6 Å². The zero-order chi connectivity index (χ0) is 8.10. The molecule has 0 radical (unpaired) electrons. The lowest BCUT2D eigenvalue weighted by Gasteiger charge is -2.34. The summed E-state index contributed by atoms with van der Waals surface area (Å²) in [5.41, 5.74) is 5.49. The summed E-state index contributed by atoms with van der Waals surface area (Å²) in [6.07, 6.45) is 5.00. The molecule has 1 aliphatic rings. The lowest BCUT2D eigenvalue weighted by molar-refractivity contribution is -0.0203. The van der Waals surface area contributed by atoms with Crippen LogP contribution in [-0.4, -0.2) is 31.3 Å². The minimum Gasteiger partial charge on any atom is -0.377 e. The fourth-order valence-corrected chi connectivity index (χ4v) is 1.56. The van der Waals surface area contributed by atoms with Crippen LogP contribution in [0.3, 0.4) is 0 Å². The number of thioether (sulfide) groups is 1. The first kappa shape index (κ1) is 9.36. The normalized spacial score (nSPS) is 30.0. The Kier molecular flexibility index (Phi) is 4.26. The van der Waals surface area contributed by atoms with Gasteiger partial charge in [-0.2, -0.15) is 11.8 Å². The minimum absolute atomic E-state index is 0.524. The molecule has 3 heteroatoms. The molecule has 0 atom stereocenters. The van der Waals surface area contributed by atoms with E-state index in [0.717, 1.165) is 24.8 Å². The first-order valence-corrected chi connectivity index (χ1v) is 5.56. The predicted octanol–water partition coefficient (Wildman–Crippen LogP) is 1.10. The van der Waals surface area contributed by atoms with Crippen LogP contribution in [0, 0.1) is 5.92 Å². The fourth-order valence-electron chi connectivity index (χ4n) is 1.30. The molecule has 2 N–H and O–H groups in total. The quantitative estimate of drug-likeness (QED) is 0.636. The van der Waals surface area contributed by atoms with E-state index in [1.807, 2.05) is 11.8 Å². The van der Waals surface area contributed by atoms with Gasteiger partial charge in [0.05, 0.1) is 12.7 Å². The highest BCUT2D eigenvalue weighted by molar-refractivity contribution is 7.98. The predicted molar refractivity (Wildman–Crippen MR) is 49.9 cm³/mol. The van der Waals surface area contributed by atoms with E-state index < -0.39 is 0 Å². The van der Waals surface area contributed by atoms with Gasteiger partial charge >= 0.3 is 0 Å². The molecule has 0 bridgehead atoms. The van der Waals surface area contributed by atoms with Crippen LogP contribution in [0.2, 0.25) is 0 Å². The maximum atomic E-state index is 5.57. The summed E-state index contributed by atoms with van der Waals surface area (Å²) >= 11 is 1.84. The number of hydrogen-bond acceptors (Lipinski definition) is 3. The van der Waals surface area contributed by atoms with Crippen molar-refractivity contribution in [1.29, 1.82) is 0 Å². The standard InChI is InChI=1S/C8H17NOS/c1-11-3-2-10-8-4-7(5-8)6-9/h7-8H,2-6,9H2,1H3. The second-order valence-corrected chi connectivity index (χ2v) is 4.04. The Morgan fingerprint density at radius 2 is 2.27 bits per heavy atom. The van der Waals surface area contributed by atoms with E-state index in [4.69, 9.17) is 10.5 Å². The molecule has 0 aromatic heterocycles. The van der Waals surface area contributed by atoms with Crippen LogP contribution in [0.5, 0.6) is 0 Å². The minimum atomic E-state index is 0.524. The Hall–Kier alpha value is 0.270. The van der Waals surface area contributed by atoms with Crippen LogP contribution in [0.1, 0.15) is 12.8 Å². The van der Waals surface area contributed by atoms with Gasteiger partial charge in [-0.1, -0.05) is 0 Å². The number of hydrogen-bond donors (Lipinski definition) is 1. The Balaban J connectivity index is 1.88. The fraction of sp³-hybridized carbons (Fsp3) is 1.00. The van der Waals surface area contributed by atoms with Gasteiger partial charge < -0.3 is 10.5 Å². The maximum absolute atomic E-state index is 5.57. The van der Waals surface area contributed by atoms with Crippen LogP contribution in [0.4, 0.5) is 0 Å². The van der Waals surface area contributed by atoms with Crippen molar-refractivity contribution in [3.05, 3.63) is 0 Å². The molecule has 0 unspecified atom stereocenters. The zero-order valence-corrected chi connectivity index (χ0v) is 7.90. The molecule has 0 heterocycles. The van der Waals surface area contributed by atoms with E-state index in [-0.39, 0.29) is 0 Å². The van der Waals surface area contributed by atoms with E-state index in [1.54, 1.807) is 0 Å². The molecule has 0 aromatic rings. The van der Waals surface area contributed by atoms with Crippen molar-refractivity contribution in [2.45, 2.75) is 18.9 Å². The van der Waals surface area contributed by atoms with E-state index in [9.17, 15) is 0 Å². The highest BCUT2D eigenvalue weighted by Crippen LogP contribution is 2.28. The van der Waals surface area contributed by atoms with Gasteiger partial charge in [-0.25, -0.2) is 0 Å². The maximum Gasteiger partial charge on any atom is 0.0581 e. The van der Waals surface area contributed by atoms with E-state index in [0.29, 0.717) is 6.10 Å². The first-order chi connectivity index (χ1) is 5.36. The summed E-state index contributed by atoms with van der Waals surface area (Å²) in [6, 6.07) is 0. The Morgan fingerprint density at radius 3 is 2.82 bits per heavy atom. The summed E-state index contributed by atoms with van der Waals surface area (Å²) in [6.45, 7) is 1.74. The number of nitrogens with two attached hydrogens (primary N) is 1. The summed E-state index contributed by atoms with van der Waals surface area (Å²) in [7, 11) is 0. The molecule has 0 spiro atoms. The van der Waals surface area contributed by atoms with Gasteiger partial charge in [-0.15, -0.1) is 0 Å². The van der Waals surface area contributed by atoms with E-state index >= 15 is 0 Å². The molecule has 2 nitrogen and oxygen atoms in total. The lowest BCUT2D eigenvalue weighted by atomic mass is 9.82. The molecule has 0 aromatic carbocycles. The molecule has 1 rings (SSSR count). The second-order valence-electron chi connectivity index (χ2n) is 3.06. The molecule has 66 valence electrons. The summed E-state index contributed by atoms with van der Waals surface area (Å²) in [5, 5.41) is 0. The molecule has 1 saturated carbocycles. The van der Waals surface area contributed by atoms with Crippen molar-refractivity contribution >= 4 is 11.8 Å². The van der Waals surface area contributed by atoms with Gasteiger partial charge in [0.25, 0.3) is 0 Å². The molecule has 0 aliphatic heterocycles. The summed E-state index contributed by atoms with van der Waals surface area (Å²) in [4.78, 5) is 0. The first-order valence-electron chi connectivity index (χ1n) is 4.17. The van der Waals surface area contributed by atoms with Crippen molar-refractivity contribution in [2.75, 3.05) is 25.2 Å². The largest absolute Gasteiger partial charge is 0.377 e. The molecular weight excluding hydrogens is 158 g/mol. The third kappa shape index (κ3) is 3.01. The summed E-state index contributed by atoms with van der Waals surface area (Å²) in [5.74, 6) is 1.86. The van der Waals surface area contributed by atoms with Crippen LogP contribution in [-0.2, 0) is 4.74 Å². The third-order valence-electron chi connectivity index (χ3n) is 2.17. The molecular formula is C8H17NOS. The molecule has 0 amide bonds. The van der Waals surface area contributed by atoms with Gasteiger partial charge in [0.1, 0.15) is 0 Å². The number of rotatable bonds is 5. The van der Waals surface area contributed by atoms with Crippen molar-refractivity contribution in [3.8, 4) is 0 Å². The SMILES string of the molecule is CSCCOC1CC(CN)C1. The molecule has 1 aliphatic carbocycles. The van der Waals surface area contributed by atoms with Crippen molar-refractivity contribution in [1.82, 2.24) is 0 Å².